The number of nitrogens with zero attached hydrogens (tertiary/aromatic N) is 3. The first-order valence-electron chi connectivity index (χ1n) is 5.91. The number of aliphatic hydroxyl groups is 1. The van der Waals surface area contributed by atoms with Crippen LogP contribution in [-0.2, 0) is 0 Å². The van der Waals surface area contributed by atoms with E-state index in [-0.39, 0.29) is 5.25 Å². The van der Waals surface area contributed by atoms with Crippen LogP contribution in [0, 0.1) is 0 Å². The molecule has 0 saturated heterocycles. The van der Waals surface area contributed by atoms with E-state index in [2.05, 4.69) is 25.3 Å². The Morgan fingerprint density at radius 3 is 2.89 bits per heavy atom. The molecule has 0 amide bonds. The van der Waals surface area contributed by atoms with Crippen molar-refractivity contribution < 1.29 is 5.11 Å². The fourth-order valence-corrected chi connectivity index (χ4v) is 2.36. The maximum absolute atomic E-state index is 9.57. The van der Waals surface area contributed by atoms with Crippen molar-refractivity contribution in [1.82, 2.24) is 19.9 Å². The van der Waals surface area contributed by atoms with Crippen molar-refractivity contribution in [3.8, 4) is 0 Å². The number of imidazole rings is 1. The number of aromatic nitrogens is 4. The Labute approximate surface area is 110 Å². The Morgan fingerprint density at radius 2 is 2.22 bits per heavy atom. The van der Waals surface area contributed by atoms with Gasteiger partial charge in [-0.2, -0.15) is 4.98 Å². The van der Waals surface area contributed by atoms with E-state index in [1.807, 2.05) is 13.8 Å². The summed E-state index contributed by atoms with van der Waals surface area (Å²) in [5.41, 5.74) is 1.45. The minimum Gasteiger partial charge on any atom is -0.392 e. The van der Waals surface area contributed by atoms with Gasteiger partial charge in [0.05, 0.1) is 12.4 Å². The number of thioether (sulfide) groups is 1. The van der Waals surface area contributed by atoms with Gasteiger partial charge in [0.1, 0.15) is 10.5 Å². The molecule has 0 aliphatic rings. The van der Waals surface area contributed by atoms with Gasteiger partial charge in [0.25, 0.3) is 0 Å². The van der Waals surface area contributed by atoms with Crippen LogP contribution in [-0.4, -0.2) is 42.9 Å². The van der Waals surface area contributed by atoms with Gasteiger partial charge in [-0.15, -0.1) is 0 Å². The summed E-state index contributed by atoms with van der Waals surface area (Å²) >= 11 is 1.51. The van der Waals surface area contributed by atoms with E-state index < -0.39 is 6.10 Å². The first-order chi connectivity index (χ1) is 8.61. The predicted molar refractivity (Wildman–Crippen MR) is 72.8 cm³/mol. The third kappa shape index (κ3) is 2.73. The van der Waals surface area contributed by atoms with E-state index in [1.54, 1.807) is 13.3 Å². The molecule has 18 heavy (non-hydrogen) atoms. The average Bonchev–Trinajstić information content (AvgIpc) is 2.77. The van der Waals surface area contributed by atoms with Crippen LogP contribution in [0.2, 0.25) is 0 Å². The number of H-pyrrole nitrogens is 1. The quantitative estimate of drug-likeness (QED) is 0.564. The van der Waals surface area contributed by atoms with Gasteiger partial charge in [0.2, 0.25) is 5.95 Å². The third-order valence-electron chi connectivity index (χ3n) is 2.56. The summed E-state index contributed by atoms with van der Waals surface area (Å²) in [4.78, 5) is 15.9. The molecule has 2 atom stereocenters. The lowest BCUT2D eigenvalue weighted by atomic mass is 10.3. The van der Waals surface area contributed by atoms with Crippen LogP contribution in [0.3, 0.4) is 0 Å². The van der Waals surface area contributed by atoms with Gasteiger partial charge < -0.3 is 15.4 Å². The van der Waals surface area contributed by atoms with E-state index in [0.717, 1.165) is 17.1 Å². The van der Waals surface area contributed by atoms with Crippen LogP contribution < -0.4 is 5.32 Å². The minimum absolute atomic E-state index is 0.0564. The summed E-state index contributed by atoms with van der Waals surface area (Å²) in [5, 5.41) is 13.5. The molecule has 0 radical (unpaired) electrons. The van der Waals surface area contributed by atoms with E-state index in [0.29, 0.717) is 11.6 Å². The monoisotopic (exact) mass is 267 g/mol. The zero-order valence-electron chi connectivity index (χ0n) is 10.6. The van der Waals surface area contributed by atoms with Gasteiger partial charge in [-0.05, 0) is 13.8 Å². The lowest BCUT2D eigenvalue weighted by Crippen LogP contribution is -2.15. The molecule has 2 aromatic rings. The second-order valence-electron chi connectivity index (χ2n) is 4.05. The van der Waals surface area contributed by atoms with Crippen LogP contribution in [0.25, 0.3) is 11.2 Å². The molecular weight excluding hydrogens is 250 g/mol. The largest absolute Gasteiger partial charge is 0.392 e. The van der Waals surface area contributed by atoms with Crippen molar-refractivity contribution in [2.24, 2.45) is 0 Å². The Bertz CT molecular complexity index is 527. The van der Waals surface area contributed by atoms with E-state index in [4.69, 9.17) is 0 Å². The van der Waals surface area contributed by atoms with Crippen molar-refractivity contribution in [2.75, 3.05) is 11.9 Å². The molecule has 0 aliphatic heterocycles. The van der Waals surface area contributed by atoms with Crippen LogP contribution in [0.5, 0.6) is 0 Å². The fraction of sp³-hybridized carbons (Fsp3) is 0.545. The summed E-state index contributed by atoms with van der Waals surface area (Å²) in [6, 6.07) is 0. The highest BCUT2D eigenvalue weighted by Crippen LogP contribution is 2.29. The zero-order valence-corrected chi connectivity index (χ0v) is 11.5. The normalized spacial score (nSPS) is 14.7. The highest BCUT2D eigenvalue weighted by atomic mass is 32.2. The number of rotatable bonds is 5. The van der Waals surface area contributed by atoms with Gasteiger partial charge in [-0.3, -0.25) is 0 Å². The molecule has 0 fully saturated rings. The standard InChI is InChI=1S/C11H17N5OS/c1-4-12-11-15-9-8(13-5-14-9)10(16-11)18-7(3)6(2)17/h5-7,17H,4H2,1-3H3,(H2,12,13,14,15,16). The molecule has 7 heteroatoms. The van der Waals surface area contributed by atoms with Crippen molar-refractivity contribution in [3.05, 3.63) is 6.33 Å². The minimum atomic E-state index is -0.398. The Balaban J connectivity index is 2.37. The van der Waals surface area contributed by atoms with Crippen LogP contribution in [0.4, 0.5) is 5.95 Å². The first kappa shape index (κ1) is 13.1. The molecule has 2 rings (SSSR count). The molecule has 0 aliphatic carbocycles. The molecule has 2 aromatic heterocycles. The SMILES string of the molecule is CCNc1nc(SC(C)C(C)O)c2[nH]cnc2n1. The first-order valence-corrected chi connectivity index (χ1v) is 6.79. The number of nitrogens with one attached hydrogen (secondary N) is 2. The number of aromatic amines is 1. The number of fused-ring (bicyclic) bond motifs is 1. The van der Waals surface area contributed by atoms with Crippen molar-refractivity contribution in [1.29, 1.82) is 0 Å². The molecule has 2 unspecified atom stereocenters. The Kier molecular flexibility index (Phi) is 4.03. The van der Waals surface area contributed by atoms with Crippen molar-refractivity contribution >= 4 is 28.9 Å². The van der Waals surface area contributed by atoms with Crippen LogP contribution in [0.1, 0.15) is 20.8 Å². The lowest BCUT2D eigenvalue weighted by Gasteiger charge is -2.14. The number of hydrogen-bond acceptors (Lipinski definition) is 6. The van der Waals surface area contributed by atoms with Gasteiger partial charge in [0.15, 0.2) is 5.65 Å². The topological polar surface area (TPSA) is 86.7 Å². The Morgan fingerprint density at radius 1 is 1.44 bits per heavy atom. The van der Waals surface area contributed by atoms with E-state index in [1.165, 1.54) is 11.8 Å². The molecule has 0 aromatic carbocycles. The number of aliphatic hydroxyl groups excluding tert-OH is 1. The zero-order chi connectivity index (χ0) is 13.1. The molecule has 0 saturated carbocycles. The van der Waals surface area contributed by atoms with E-state index >= 15 is 0 Å². The third-order valence-corrected chi connectivity index (χ3v) is 3.85. The predicted octanol–water partition coefficient (Wildman–Crippen LogP) is 1.65. The molecule has 2 heterocycles. The summed E-state index contributed by atoms with van der Waals surface area (Å²) in [5.74, 6) is 0.567. The second kappa shape index (κ2) is 5.53. The molecule has 3 N–H and O–H groups in total. The number of hydrogen-bond donors (Lipinski definition) is 3. The number of anilines is 1. The summed E-state index contributed by atoms with van der Waals surface area (Å²) in [7, 11) is 0. The highest BCUT2D eigenvalue weighted by Gasteiger charge is 2.16. The summed E-state index contributed by atoms with van der Waals surface area (Å²) in [6.45, 7) is 6.48. The Hall–Kier alpha value is -1.34. The molecule has 0 bridgehead atoms. The van der Waals surface area contributed by atoms with E-state index in [9.17, 15) is 5.11 Å². The maximum atomic E-state index is 9.57. The summed E-state index contributed by atoms with van der Waals surface area (Å²) in [6.07, 6.45) is 1.21. The average molecular weight is 267 g/mol. The lowest BCUT2D eigenvalue weighted by molar-refractivity contribution is 0.196. The molecule has 98 valence electrons. The van der Waals surface area contributed by atoms with Gasteiger partial charge in [-0.1, -0.05) is 18.7 Å². The van der Waals surface area contributed by atoms with Gasteiger partial charge in [0, 0.05) is 11.8 Å². The molecule has 0 spiro atoms. The smallest absolute Gasteiger partial charge is 0.225 e. The maximum Gasteiger partial charge on any atom is 0.225 e. The van der Waals surface area contributed by atoms with Crippen LogP contribution in [0.15, 0.2) is 11.4 Å². The van der Waals surface area contributed by atoms with Crippen molar-refractivity contribution in [2.45, 2.75) is 37.2 Å². The molecule has 6 nitrogen and oxygen atoms in total. The van der Waals surface area contributed by atoms with Crippen molar-refractivity contribution in [3.63, 3.8) is 0 Å². The van der Waals surface area contributed by atoms with Gasteiger partial charge >= 0.3 is 0 Å². The fourth-order valence-electron chi connectivity index (χ4n) is 1.40. The molecular formula is C11H17N5OS. The van der Waals surface area contributed by atoms with Crippen LogP contribution >= 0.6 is 11.8 Å². The second-order valence-corrected chi connectivity index (χ2v) is 5.41. The highest BCUT2D eigenvalue weighted by molar-refractivity contribution is 8.00. The van der Waals surface area contributed by atoms with Gasteiger partial charge in [-0.25, -0.2) is 9.97 Å². The summed E-state index contributed by atoms with van der Waals surface area (Å²) < 4.78 is 0.